The number of piperidine rings is 1. The average molecular weight is 518 g/mol. The molecule has 0 spiro atoms. The van der Waals surface area contributed by atoms with Gasteiger partial charge in [-0.05, 0) is 38.8 Å². The average Bonchev–Trinajstić information content (AvgIpc) is 2.72. The van der Waals surface area contributed by atoms with E-state index in [4.69, 9.17) is 4.74 Å². The maximum absolute atomic E-state index is 5.15. The van der Waals surface area contributed by atoms with Gasteiger partial charge >= 0.3 is 0 Å². The normalized spacial score (nSPS) is 17.1. The molecule has 7 heteroatoms. The molecule has 29 heavy (non-hydrogen) atoms. The van der Waals surface area contributed by atoms with Gasteiger partial charge in [-0.3, -0.25) is 9.89 Å². The molecule has 0 saturated carbocycles. The molecule has 1 aromatic rings. The maximum atomic E-state index is 5.15. The molecule has 6 nitrogen and oxygen atoms in total. The molecule has 0 bridgehead atoms. The first kappa shape index (κ1) is 26.1. The fraction of sp³-hybridized carbons (Fsp3) is 0.682. The van der Waals surface area contributed by atoms with Crippen LogP contribution >= 0.6 is 24.0 Å². The Balaban J connectivity index is 0.00000420. The number of likely N-dealkylation sites (tertiary alicyclic amines) is 1. The van der Waals surface area contributed by atoms with Crippen LogP contribution in [-0.4, -0.2) is 81.8 Å². The van der Waals surface area contributed by atoms with Crippen molar-refractivity contribution in [3.05, 3.63) is 35.9 Å². The minimum Gasteiger partial charge on any atom is -0.385 e. The molecule has 1 aliphatic heterocycles. The maximum Gasteiger partial charge on any atom is 0.191 e. The molecule has 1 aliphatic rings. The van der Waals surface area contributed by atoms with Gasteiger partial charge in [0.05, 0.1) is 0 Å². The molecule has 0 amide bonds. The Labute approximate surface area is 194 Å². The zero-order chi connectivity index (χ0) is 20.2. The summed E-state index contributed by atoms with van der Waals surface area (Å²) in [4.78, 5) is 9.33. The lowest BCUT2D eigenvalue weighted by Gasteiger charge is -2.33. The lowest BCUT2D eigenvalue weighted by atomic mass is 10.1. The number of likely N-dealkylation sites (N-methyl/N-ethyl adjacent to an activating group) is 1. The highest BCUT2D eigenvalue weighted by atomic mass is 127. The zero-order valence-corrected chi connectivity index (χ0v) is 20.9. The van der Waals surface area contributed by atoms with Crippen molar-refractivity contribution in [3.63, 3.8) is 0 Å². The number of halogens is 1. The van der Waals surface area contributed by atoms with Crippen LogP contribution in [0.25, 0.3) is 0 Å². The van der Waals surface area contributed by atoms with Crippen molar-refractivity contribution < 1.29 is 4.74 Å². The summed E-state index contributed by atoms with van der Waals surface area (Å²) < 4.78 is 5.15. The van der Waals surface area contributed by atoms with Gasteiger partial charge in [0.15, 0.2) is 5.96 Å². The number of benzene rings is 1. The van der Waals surface area contributed by atoms with E-state index in [1.807, 2.05) is 7.05 Å². The Morgan fingerprint density at radius 3 is 2.59 bits per heavy atom. The van der Waals surface area contributed by atoms with Gasteiger partial charge in [0, 0.05) is 65.6 Å². The van der Waals surface area contributed by atoms with Crippen LogP contribution in [-0.2, 0) is 11.3 Å². The third-order valence-corrected chi connectivity index (χ3v) is 5.57. The summed E-state index contributed by atoms with van der Waals surface area (Å²) in [6.07, 6.45) is 3.44. The molecule has 0 aromatic heterocycles. The molecule has 1 saturated heterocycles. The molecule has 1 aromatic carbocycles. The van der Waals surface area contributed by atoms with Crippen molar-refractivity contribution in [3.8, 4) is 0 Å². The summed E-state index contributed by atoms with van der Waals surface area (Å²) in [6.45, 7) is 8.37. The van der Waals surface area contributed by atoms with E-state index in [1.54, 1.807) is 7.11 Å². The van der Waals surface area contributed by atoms with Gasteiger partial charge in [-0.1, -0.05) is 30.3 Å². The largest absolute Gasteiger partial charge is 0.385 e. The van der Waals surface area contributed by atoms with E-state index in [0.29, 0.717) is 12.1 Å². The van der Waals surface area contributed by atoms with Crippen molar-refractivity contribution in [2.45, 2.75) is 44.8 Å². The number of hydrogen-bond acceptors (Lipinski definition) is 4. The third-order valence-electron chi connectivity index (χ3n) is 5.57. The van der Waals surface area contributed by atoms with Crippen LogP contribution < -0.4 is 10.6 Å². The zero-order valence-electron chi connectivity index (χ0n) is 18.6. The van der Waals surface area contributed by atoms with Crippen LogP contribution in [0, 0.1) is 0 Å². The monoisotopic (exact) mass is 517 g/mol. The topological polar surface area (TPSA) is 52.1 Å². The first-order valence-corrected chi connectivity index (χ1v) is 10.5. The fourth-order valence-electron chi connectivity index (χ4n) is 3.55. The number of aliphatic imine (C=N–C) groups is 1. The quantitative estimate of drug-likeness (QED) is 0.217. The standard InChI is InChI=1S/C22H39N5O.HI/c1-19(26(3)18-20-9-6-5-7-10-20)17-24-22(23-2)25-21-11-14-27(15-12-21)13-8-16-28-4;/h5-7,9-10,19,21H,8,11-18H2,1-4H3,(H2,23,24,25);1H. The Morgan fingerprint density at radius 2 is 1.97 bits per heavy atom. The van der Waals surface area contributed by atoms with Gasteiger partial charge < -0.3 is 20.3 Å². The molecular weight excluding hydrogens is 477 g/mol. The number of guanidine groups is 1. The molecule has 1 heterocycles. The molecule has 166 valence electrons. The molecule has 0 radical (unpaired) electrons. The second-order valence-electron chi connectivity index (χ2n) is 7.81. The second kappa shape index (κ2) is 15.0. The first-order chi connectivity index (χ1) is 13.6. The molecule has 1 atom stereocenters. The van der Waals surface area contributed by atoms with E-state index in [9.17, 15) is 0 Å². The van der Waals surface area contributed by atoms with Gasteiger partial charge in [0.1, 0.15) is 0 Å². The summed E-state index contributed by atoms with van der Waals surface area (Å²) in [5.41, 5.74) is 1.34. The number of hydrogen-bond donors (Lipinski definition) is 2. The van der Waals surface area contributed by atoms with Crippen molar-refractivity contribution in [1.29, 1.82) is 0 Å². The number of methoxy groups -OCH3 is 1. The van der Waals surface area contributed by atoms with Crippen molar-refractivity contribution in [2.75, 3.05) is 54.0 Å². The van der Waals surface area contributed by atoms with E-state index in [2.05, 4.69) is 69.7 Å². The van der Waals surface area contributed by atoms with Gasteiger partial charge in [-0.25, -0.2) is 0 Å². The van der Waals surface area contributed by atoms with Crippen LogP contribution in [0.1, 0.15) is 31.7 Å². The predicted octanol–water partition coefficient (Wildman–Crippen LogP) is 2.79. The van der Waals surface area contributed by atoms with E-state index in [0.717, 1.165) is 64.6 Å². The van der Waals surface area contributed by atoms with Gasteiger partial charge in [0.2, 0.25) is 0 Å². The molecular formula is C22H40IN5O. The molecule has 2 rings (SSSR count). The van der Waals surface area contributed by atoms with Crippen LogP contribution in [0.3, 0.4) is 0 Å². The third kappa shape index (κ3) is 10.1. The summed E-state index contributed by atoms with van der Waals surface area (Å²) in [6, 6.07) is 11.5. The Kier molecular flexibility index (Phi) is 13.5. The number of nitrogens with one attached hydrogen (secondary N) is 2. The number of rotatable bonds is 10. The van der Waals surface area contributed by atoms with Crippen LogP contribution in [0.4, 0.5) is 0 Å². The Bertz CT molecular complexity index is 564. The van der Waals surface area contributed by atoms with Gasteiger partial charge in [-0.15, -0.1) is 24.0 Å². The predicted molar refractivity (Wildman–Crippen MR) is 133 cm³/mol. The van der Waals surface area contributed by atoms with E-state index < -0.39 is 0 Å². The minimum absolute atomic E-state index is 0. The smallest absolute Gasteiger partial charge is 0.191 e. The lowest BCUT2D eigenvalue weighted by Crippen LogP contribution is -2.50. The summed E-state index contributed by atoms with van der Waals surface area (Å²) >= 11 is 0. The molecule has 1 unspecified atom stereocenters. The van der Waals surface area contributed by atoms with E-state index >= 15 is 0 Å². The number of nitrogens with zero attached hydrogens (tertiary/aromatic N) is 3. The second-order valence-corrected chi connectivity index (χ2v) is 7.81. The highest BCUT2D eigenvalue weighted by Gasteiger charge is 2.20. The van der Waals surface area contributed by atoms with Gasteiger partial charge in [-0.2, -0.15) is 0 Å². The van der Waals surface area contributed by atoms with Crippen LogP contribution in [0.5, 0.6) is 0 Å². The van der Waals surface area contributed by atoms with Crippen molar-refractivity contribution in [2.24, 2.45) is 4.99 Å². The summed E-state index contributed by atoms with van der Waals surface area (Å²) in [5.74, 6) is 0.915. The highest BCUT2D eigenvalue weighted by molar-refractivity contribution is 14.0. The minimum atomic E-state index is 0. The summed E-state index contributed by atoms with van der Waals surface area (Å²) in [5, 5.41) is 7.11. The van der Waals surface area contributed by atoms with Crippen molar-refractivity contribution >= 4 is 29.9 Å². The Morgan fingerprint density at radius 1 is 1.28 bits per heavy atom. The van der Waals surface area contributed by atoms with Crippen molar-refractivity contribution in [1.82, 2.24) is 20.4 Å². The van der Waals surface area contributed by atoms with Crippen LogP contribution in [0.15, 0.2) is 35.3 Å². The summed E-state index contributed by atoms with van der Waals surface area (Å²) in [7, 11) is 5.80. The molecule has 1 fully saturated rings. The van der Waals surface area contributed by atoms with E-state index in [-0.39, 0.29) is 24.0 Å². The van der Waals surface area contributed by atoms with E-state index in [1.165, 1.54) is 5.56 Å². The fourth-order valence-corrected chi connectivity index (χ4v) is 3.55. The molecule has 0 aliphatic carbocycles. The first-order valence-electron chi connectivity index (χ1n) is 10.5. The Hall–Kier alpha value is -0.900. The van der Waals surface area contributed by atoms with Gasteiger partial charge in [0.25, 0.3) is 0 Å². The number of ether oxygens (including phenoxy) is 1. The molecule has 2 N–H and O–H groups in total. The SMILES string of the molecule is CN=C(NCC(C)N(C)Cc1ccccc1)NC1CCN(CCCOC)CC1.I. The van der Waals surface area contributed by atoms with Crippen LogP contribution in [0.2, 0.25) is 0 Å². The lowest BCUT2D eigenvalue weighted by molar-refractivity contribution is 0.155. The highest BCUT2D eigenvalue weighted by Crippen LogP contribution is 2.11.